The molecule has 1 N–H and O–H groups in total. The Labute approximate surface area is 198 Å². The van der Waals surface area contributed by atoms with E-state index in [0.717, 1.165) is 74.5 Å². The number of benzene rings is 2. The van der Waals surface area contributed by atoms with Gasteiger partial charge in [0.25, 0.3) is 17.7 Å². The first-order valence-electron chi connectivity index (χ1n) is 11.8. The number of imide groups is 1. The molecule has 0 aromatic heterocycles. The van der Waals surface area contributed by atoms with Crippen LogP contribution in [0.25, 0.3) is 0 Å². The van der Waals surface area contributed by atoms with E-state index >= 15 is 0 Å². The molecular weight excluding hydrogens is 434 g/mol. The number of hydrogen-bond donors (Lipinski definition) is 1. The van der Waals surface area contributed by atoms with Gasteiger partial charge in [0.2, 0.25) is 0 Å². The largest absolute Gasteiger partial charge is 0.322 e. The number of rotatable bonds is 5. The van der Waals surface area contributed by atoms with Gasteiger partial charge in [0.1, 0.15) is 0 Å². The second-order valence-electron chi connectivity index (χ2n) is 9.08. The van der Waals surface area contributed by atoms with E-state index in [1.807, 2.05) is 30.0 Å². The summed E-state index contributed by atoms with van der Waals surface area (Å²) < 4.78 is 0. The highest BCUT2D eigenvalue weighted by Crippen LogP contribution is 2.31. The molecule has 2 heterocycles. The summed E-state index contributed by atoms with van der Waals surface area (Å²) in [7, 11) is 0. The van der Waals surface area contributed by atoms with Crippen LogP contribution in [0.5, 0.6) is 0 Å². The minimum Gasteiger partial charge on any atom is -0.322 e. The van der Waals surface area contributed by atoms with E-state index in [0.29, 0.717) is 16.7 Å². The van der Waals surface area contributed by atoms with Crippen LogP contribution in [0.4, 0.5) is 5.69 Å². The lowest BCUT2D eigenvalue weighted by molar-refractivity contribution is 0.0549. The number of thioether (sulfide) groups is 1. The van der Waals surface area contributed by atoms with Crippen molar-refractivity contribution < 1.29 is 14.4 Å². The average molecular weight is 464 g/mol. The lowest BCUT2D eigenvalue weighted by Gasteiger charge is -2.29. The molecular formula is C26H29N3O3S. The first kappa shape index (κ1) is 22.2. The van der Waals surface area contributed by atoms with E-state index in [1.54, 1.807) is 18.2 Å². The molecule has 0 atom stereocenters. The number of amides is 3. The normalized spacial score (nSPS) is 19.6. The van der Waals surface area contributed by atoms with Crippen LogP contribution in [0.3, 0.4) is 0 Å². The van der Waals surface area contributed by atoms with Crippen LogP contribution >= 0.6 is 11.8 Å². The highest BCUT2D eigenvalue weighted by molar-refractivity contribution is 7.99. The van der Waals surface area contributed by atoms with Gasteiger partial charge in [0.05, 0.1) is 11.1 Å². The molecule has 33 heavy (non-hydrogen) atoms. The van der Waals surface area contributed by atoms with Crippen LogP contribution in [-0.4, -0.2) is 58.2 Å². The second kappa shape index (κ2) is 9.69. The zero-order chi connectivity index (χ0) is 22.8. The maximum atomic E-state index is 13.0. The van der Waals surface area contributed by atoms with Crippen LogP contribution in [-0.2, 0) is 6.54 Å². The summed E-state index contributed by atoms with van der Waals surface area (Å²) in [4.78, 5) is 42.7. The number of fused-ring (bicyclic) bond motifs is 1. The summed E-state index contributed by atoms with van der Waals surface area (Å²) in [6, 6.07) is 12.7. The molecule has 1 aliphatic carbocycles. The van der Waals surface area contributed by atoms with Gasteiger partial charge in [-0.1, -0.05) is 31.4 Å². The summed E-state index contributed by atoms with van der Waals surface area (Å²) in [5.41, 5.74) is 3.03. The summed E-state index contributed by atoms with van der Waals surface area (Å²) in [5.74, 6) is 1.55. The average Bonchev–Trinajstić information content (AvgIpc) is 3.10. The van der Waals surface area contributed by atoms with Crippen molar-refractivity contribution in [2.24, 2.45) is 0 Å². The maximum Gasteiger partial charge on any atom is 0.261 e. The molecule has 2 aromatic carbocycles. The summed E-state index contributed by atoms with van der Waals surface area (Å²) in [6.45, 7) is 3.04. The fraction of sp³-hybridized carbons (Fsp3) is 0.423. The number of carbonyl (C=O) groups is 3. The molecule has 0 radical (unpaired) electrons. The Morgan fingerprint density at radius 1 is 0.939 bits per heavy atom. The van der Waals surface area contributed by atoms with Gasteiger partial charge in [-0.15, -0.1) is 0 Å². The van der Waals surface area contributed by atoms with Gasteiger partial charge in [0, 0.05) is 48.4 Å². The van der Waals surface area contributed by atoms with Crippen molar-refractivity contribution in [3.63, 3.8) is 0 Å². The van der Waals surface area contributed by atoms with Gasteiger partial charge >= 0.3 is 0 Å². The van der Waals surface area contributed by atoms with Crippen LogP contribution in [0.1, 0.15) is 68.7 Å². The van der Waals surface area contributed by atoms with Crippen molar-refractivity contribution in [3.05, 3.63) is 64.7 Å². The molecule has 172 valence electrons. The first-order valence-corrected chi connectivity index (χ1v) is 13.0. The van der Waals surface area contributed by atoms with Crippen molar-refractivity contribution >= 4 is 35.2 Å². The molecule has 0 unspecified atom stereocenters. The molecule has 0 bridgehead atoms. The lowest BCUT2D eigenvalue weighted by atomic mass is 9.94. The van der Waals surface area contributed by atoms with Gasteiger partial charge in [0.15, 0.2) is 0 Å². The third-order valence-corrected chi connectivity index (χ3v) is 7.76. The molecule has 7 heteroatoms. The lowest BCUT2D eigenvalue weighted by Crippen LogP contribution is -2.40. The van der Waals surface area contributed by atoms with E-state index in [-0.39, 0.29) is 23.8 Å². The third-order valence-electron chi connectivity index (χ3n) is 6.81. The summed E-state index contributed by atoms with van der Waals surface area (Å²) in [5, 5.41) is 2.96. The number of nitrogens with one attached hydrogen (secondary N) is 1. The maximum absolute atomic E-state index is 13.0. The summed E-state index contributed by atoms with van der Waals surface area (Å²) in [6.07, 6.45) is 4.97. The molecule has 5 rings (SSSR count). The quantitative estimate of drug-likeness (QED) is 0.665. The molecule has 2 aromatic rings. The predicted molar refractivity (Wildman–Crippen MR) is 131 cm³/mol. The fourth-order valence-corrected chi connectivity index (χ4v) is 6.02. The van der Waals surface area contributed by atoms with E-state index < -0.39 is 0 Å². The number of nitrogens with zero attached hydrogens (tertiary/aromatic N) is 2. The fourth-order valence-electron chi connectivity index (χ4n) is 5.04. The van der Waals surface area contributed by atoms with Gasteiger partial charge in [-0.25, -0.2) is 0 Å². The van der Waals surface area contributed by atoms with Crippen LogP contribution in [0.15, 0.2) is 42.5 Å². The Balaban J connectivity index is 1.29. The molecule has 2 fully saturated rings. The molecule has 2 aliphatic heterocycles. The highest BCUT2D eigenvalue weighted by atomic mass is 32.2. The monoisotopic (exact) mass is 463 g/mol. The Kier molecular flexibility index (Phi) is 6.51. The van der Waals surface area contributed by atoms with Crippen molar-refractivity contribution in [2.45, 2.75) is 44.7 Å². The van der Waals surface area contributed by atoms with Gasteiger partial charge in [-0.05, 0) is 48.7 Å². The van der Waals surface area contributed by atoms with Crippen LogP contribution in [0, 0.1) is 0 Å². The zero-order valence-electron chi connectivity index (χ0n) is 18.7. The number of carbonyl (C=O) groups excluding carboxylic acids is 3. The van der Waals surface area contributed by atoms with E-state index in [4.69, 9.17) is 0 Å². The van der Waals surface area contributed by atoms with Gasteiger partial charge in [-0.2, -0.15) is 11.8 Å². The predicted octanol–water partition coefficient (Wildman–Crippen LogP) is 4.42. The van der Waals surface area contributed by atoms with Crippen LogP contribution in [0.2, 0.25) is 0 Å². The van der Waals surface area contributed by atoms with Crippen molar-refractivity contribution in [1.29, 1.82) is 0 Å². The van der Waals surface area contributed by atoms with Crippen LogP contribution < -0.4 is 5.32 Å². The topological polar surface area (TPSA) is 69.7 Å². The summed E-state index contributed by atoms with van der Waals surface area (Å²) >= 11 is 1.99. The Morgan fingerprint density at radius 2 is 1.70 bits per heavy atom. The minimum atomic E-state index is -0.277. The molecule has 1 saturated heterocycles. The number of anilines is 1. The standard InChI is InChI=1S/C26H29N3O3S/c30-24(27-20-6-4-5-18(15-20)17-28-11-13-33-14-12-28)19-9-10-22-23(16-19)26(32)29(25(22)31)21-7-2-1-3-8-21/h4-6,9-10,15-16,21H,1-3,7-8,11-14,17H2,(H,27,30). The third kappa shape index (κ3) is 4.70. The molecule has 3 amide bonds. The SMILES string of the molecule is O=C(Nc1cccc(CN2CCSCC2)c1)c1ccc2c(c1)C(=O)N(C1CCCCC1)C2=O. The van der Waals surface area contributed by atoms with E-state index in [9.17, 15) is 14.4 Å². The van der Waals surface area contributed by atoms with Gasteiger partial charge < -0.3 is 5.32 Å². The Bertz CT molecular complexity index is 1070. The smallest absolute Gasteiger partial charge is 0.261 e. The first-order chi connectivity index (χ1) is 16.1. The molecule has 1 saturated carbocycles. The van der Waals surface area contributed by atoms with E-state index in [1.165, 1.54) is 4.90 Å². The minimum absolute atomic E-state index is 0.0235. The van der Waals surface area contributed by atoms with Crippen molar-refractivity contribution in [3.8, 4) is 0 Å². The second-order valence-corrected chi connectivity index (χ2v) is 10.3. The Morgan fingerprint density at radius 3 is 2.48 bits per heavy atom. The van der Waals surface area contributed by atoms with Crippen molar-refractivity contribution in [1.82, 2.24) is 9.80 Å². The highest BCUT2D eigenvalue weighted by Gasteiger charge is 2.40. The van der Waals surface area contributed by atoms with E-state index in [2.05, 4.69) is 16.3 Å². The molecule has 0 spiro atoms. The molecule has 6 nitrogen and oxygen atoms in total. The molecule has 3 aliphatic rings. The Hall–Kier alpha value is -2.64. The van der Waals surface area contributed by atoms with Gasteiger partial charge in [-0.3, -0.25) is 24.2 Å². The zero-order valence-corrected chi connectivity index (χ0v) is 19.5. The van der Waals surface area contributed by atoms with Crippen molar-refractivity contribution in [2.75, 3.05) is 29.9 Å². The number of hydrogen-bond acceptors (Lipinski definition) is 5.